The average Bonchev–Trinajstić information content (AvgIpc) is 2.87. The molecule has 0 radical (unpaired) electrons. The van der Waals surface area contributed by atoms with Crippen LogP contribution in [-0.4, -0.2) is 24.3 Å². The largest absolute Gasteiger partial charge is 0.392 e. The van der Waals surface area contributed by atoms with Gasteiger partial charge in [0.25, 0.3) is 0 Å². The topological polar surface area (TPSA) is 32.3 Å². The van der Waals surface area contributed by atoms with Gasteiger partial charge in [-0.2, -0.15) is 0 Å². The SMILES string of the molecule is CCC[C@@H](O)CNC[C@H]1CC[C@@H]2CCc3cccc1c32. The molecule has 3 atom stereocenters. The number of aliphatic hydroxyl groups excluding tert-OH is 1. The van der Waals surface area contributed by atoms with Gasteiger partial charge in [-0.05, 0) is 60.6 Å². The fourth-order valence-corrected chi connectivity index (χ4v) is 4.10. The summed E-state index contributed by atoms with van der Waals surface area (Å²) in [6.07, 6.45) is 7.08. The molecule has 0 unspecified atom stereocenters. The minimum Gasteiger partial charge on any atom is -0.392 e. The Bertz CT molecular complexity index is 457. The lowest BCUT2D eigenvalue weighted by Crippen LogP contribution is -2.31. The average molecular weight is 273 g/mol. The first-order chi connectivity index (χ1) is 9.79. The van der Waals surface area contributed by atoms with Gasteiger partial charge in [0.2, 0.25) is 0 Å². The number of aryl methyl sites for hydroxylation is 1. The van der Waals surface area contributed by atoms with Crippen LogP contribution in [0, 0.1) is 0 Å². The van der Waals surface area contributed by atoms with Crippen LogP contribution >= 0.6 is 0 Å². The van der Waals surface area contributed by atoms with Crippen LogP contribution < -0.4 is 5.32 Å². The summed E-state index contributed by atoms with van der Waals surface area (Å²) in [6, 6.07) is 6.89. The number of rotatable bonds is 6. The predicted molar refractivity (Wildman–Crippen MR) is 83.3 cm³/mol. The molecule has 0 aromatic heterocycles. The summed E-state index contributed by atoms with van der Waals surface area (Å²) in [7, 11) is 0. The molecule has 2 nitrogen and oxygen atoms in total. The van der Waals surface area contributed by atoms with E-state index in [9.17, 15) is 5.11 Å². The highest BCUT2D eigenvalue weighted by Gasteiger charge is 2.32. The quantitative estimate of drug-likeness (QED) is 0.833. The molecule has 0 amide bonds. The Kier molecular flexibility index (Phi) is 4.42. The zero-order valence-electron chi connectivity index (χ0n) is 12.6. The van der Waals surface area contributed by atoms with Gasteiger partial charge < -0.3 is 10.4 Å². The molecule has 0 bridgehead atoms. The Labute approximate surface area is 122 Å². The Morgan fingerprint density at radius 3 is 3.05 bits per heavy atom. The molecule has 2 aliphatic carbocycles. The summed E-state index contributed by atoms with van der Waals surface area (Å²) in [4.78, 5) is 0. The maximum absolute atomic E-state index is 9.81. The zero-order chi connectivity index (χ0) is 13.9. The second-order valence-corrected chi connectivity index (χ2v) is 6.53. The molecule has 1 aromatic carbocycles. The van der Waals surface area contributed by atoms with Crippen LogP contribution in [0.3, 0.4) is 0 Å². The zero-order valence-corrected chi connectivity index (χ0v) is 12.6. The molecule has 0 spiro atoms. The van der Waals surface area contributed by atoms with Crippen LogP contribution in [0.1, 0.15) is 67.6 Å². The number of benzene rings is 1. The lowest BCUT2D eigenvalue weighted by molar-refractivity contribution is 0.160. The van der Waals surface area contributed by atoms with Gasteiger partial charge in [0.05, 0.1) is 6.10 Å². The van der Waals surface area contributed by atoms with Crippen molar-refractivity contribution in [1.29, 1.82) is 0 Å². The van der Waals surface area contributed by atoms with E-state index in [0.29, 0.717) is 5.92 Å². The molecule has 0 saturated carbocycles. The highest BCUT2D eigenvalue weighted by atomic mass is 16.3. The Morgan fingerprint density at radius 1 is 1.30 bits per heavy atom. The molecule has 0 fully saturated rings. The van der Waals surface area contributed by atoms with Crippen molar-refractivity contribution in [2.45, 2.75) is 63.4 Å². The summed E-state index contributed by atoms with van der Waals surface area (Å²) in [5.74, 6) is 1.48. The van der Waals surface area contributed by atoms with Crippen molar-refractivity contribution in [3.05, 3.63) is 34.9 Å². The van der Waals surface area contributed by atoms with Crippen molar-refractivity contribution in [3.63, 3.8) is 0 Å². The van der Waals surface area contributed by atoms with E-state index in [1.165, 1.54) is 25.7 Å². The highest BCUT2D eigenvalue weighted by molar-refractivity contribution is 5.45. The van der Waals surface area contributed by atoms with Crippen molar-refractivity contribution in [2.75, 3.05) is 13.1 Å². The van der Waals surface area contributed by atoms with Crippen LogP contribution in [0.5, 0.6) is 0 Å². The summed E-state index contributed by atoms with van der Waals surface area (Å²) in [5, 5.41) is 13.3. The minimum absolute atomic E-state index is 0.183. The Morgan fingerprint density at radius 2 is 2.20 bits per heavy atom. The van der Waals surface area contributed by atoms with E-state index in [-0.39, 0.29) is 6.10 Å². The second kappa shape index (κ2) is 6.28. The fourth-order valence-electron chi connectivity index (χ4n) is 4.10. The molecular formula is C18H27NO. The number of hydrogen-bond donors (Lipinski definition) is 2. The number of aliphatic hydroxyl groups is 1. The molecule has 3 rings (SSSR count). The van der Waals surface area contributed by atoms with Crippen LogP contribution in [0.2, 0.25) is 0 Å². The van der Waals surface area contributed by atoms with Crippen molar-refractivity contribution in [3.8, 4) is 0 Å². The Balaban J connectivity index is 1.62. The van der Waals surface area contributed by atoms with E-state index in [1.54, 1.807) is 16.7 Å². The molecule has 1 aromatic rings. The van der Waals surface area contributed by atoms with Crippen LogP contribution in [0.25, 0.3) is 0 Å². The summed E-state index contributed by atoms with van der Waals surface area (Å²) in [5.41, 5.74) is 4.87. The molecule has 2 N–H and O–H groups in total. The normalized spacial score (nSPS) is 25.5. The molecule has 2 heteroatoms. The lowest BCUT2D eigenvalue weighted by Gasteiger charge is -2.30. The molecular weight excluding hydrogens is 246 g/mol. The minimum atomic E-state index is -0.183. The summed E-state index contributed by atoms with van der Waals surface area (Å²) >= 11 is 0. The van der Waals surface area contributed by atoms with Gasteiger partial charge in [-0.3, -0.25) is 0 Å². The van der Waals surface area contributed by atoms with Gasteiger partial charge >= 0.3 is 0 Å². The first kappa shape index (κ1) is 14.1. The van der Waals surface area contributed by atoms with Gasteiger partial charge in [0, 0.05) is 13.1 Å². The second-order valence-electron chi connectivity index (χ2n) is 6.53. The summed E-state index contributed by atoms with van der Waals surface area (Å²) < 4.78 is 0. The fraction of sp³-hybridized carbons (Fsp3) is 0.667. The third-order valence-corrected chi connectivity index (χ3v) is 5.10. The first-order valence-corrected chi connectivity index (χ1v) is 8.30. The van der Waals surface area contributed by atoms with Crippen molar-refractivity contribution >= 4 is 0 Å². The third kappa shape index (κ3) is 2.77. The molecule has 20 heavy (non-hydrogen) atoms. The van der Waals surface area contributed by atoms with Crippen LogP contribution in [0.4, 0.5) is 0 Å². The standard InChI is InChI=1S/C18H27NO/c1-2-4-16(20)12-19-11-15-10-9-14-8-7-13-5-3-6-17(15)18(13)14/h3,5-6,14-16,19-20H,2,4,7-12H2,1H3/t14-,15+,16+/m0/s1. The van der Waals surface area contributed by atoms with Crippen molar-refractivity contribution in [1.82, 2.24) is 5.32 Å². The Hall–Kier alpha value is -0.860. The smallest absolute Gasteiger partial charge is 0.0664 e. The van der Waals surface area contributed by atoms with Gasteiger partial charge in [0.15, 0.2) is 0 Å². The molecule has 0 saturated heterocycles. The van der Waals surface area contributed by atoms with E-state index in [1.807, 2.05) is 0 Å². The van der Waals surface area contributed by atoms with E-state index in [4.69, 9.17) is 0 Å². The molecule has 0 aliphatic heterocycles. The van der Waals surface area contributed by atoms with Crippen LogP contribution in [0.15, 0.2) is 18.2 Å². The summed E-state index contributed by atoms with van der Waals surface area (Å²) in [6.45, 7) is 3.88. The third-order valence-electron chi connectivity index (χ3n) is 5.10. The molecule has 0 heterocycles. The van der Waals surface area contributed by atoms with Gasteiger partial charge in [-0.1, -0.05) is 31.5 Å². The predicted octanol–water partition coefficient (Wildman–Crippen LogP) is 3.34. The van der Waals surface area contributed by atoms with Gasteiger partial charge in [0.1, 0.15) is 0 Å². The highest BCUT2D eigenvalue weighted by Crippen LogP contribution is 2.46. The van der Waals surface area contributed by atoms with Gasteiger partial charge in [-0.15, -0.1) is 0 Å². The van der Waals surface area contributed by atoms with Gasteiger partial charge in [-0.25, -0.2) is 0 Å². The lowest BCUT2D eigenvalue weighted by atomic mass is 9.77. The molecule has 2 aliphatic rings. The molecule has 110 valence electrons. The van der Waals surface area contributed by atoms with E-state index < -0.39 is 0 Å². The maximum Gasteiger partial charge on any atom is 0.0664 e. The van der Waals surface area contributed by atoms with E-state index in [2.05, 4.69) is 30.4 Å². The monoisotopic (exact) mass is 273 g/mol. The van der Waals surface area contributed by atoms with E-state index >= 15 is 0 Å². The number of nitrogens with one attached hydrogen (secondary N) is 1. The van der Waals surface area contributed by atoms with Crippen LogP contribution in [-0.2, 0) is 6.42 Å². The van der Waals surface area contributed by atoms with Crippen molar-refractivity contribution in [2.24, 2.45) is 0 Å². The van der Waals surface area contributed by atoms with Crippen molar-refractivity contribution < 1.29 is 5.11 Å². The number of hydrogen-bond acceptors (Lipinski definition) is 2. The van der Waals surface area contributed by atoms with E-state index in [0.717, 1.165) is 31.8 Å². The first-order valence-electron chi connectivity index (χ1n) is 8.30. The maximum atomic E-state index is 9.81.